The van der Waals surface area contributed by atoms with Crippen molar-refractivity contribution in [1.29, 1.82) is 0 Å². The van der Waals surface area contributed by atoms with E-state index in [0.717, 1.165) is 0 Å². The van der Waals surface area contributed by atoms with Gasteiger partial charge in [0.2, 0.25) is 0 Å². The maximum atomic E-state index is 12.8. The molecule has 1 aromatic carbocycles. The lowest BCUT2D eigenvalue weighted by Gasteiger charge is -2.18. The second kappa shape index (κ2) is 5.96. The Kier molecular flexibility index (Phi) is 4.07. The van der Waals surface area contributed by atoms with E-state index in [1.54, 1.807) is 31.3 Å². The van der Waals surface area contributed by atoms with Gasteiger partial charge in [0.1, 0.15) is 0 Å². The Balaban J connectivity index is 1.95. The van der Waals surface area contributed by atoms with E-state index >= 15 is 0 Å². The molecule has 25 heavy (non-hydrogen) atoms. The Morgan fingerprint density at radius 2 is 2.00 bits per heavy atom. The zero-order valence-corrected chi connectivity index (χ0v) is 15.2. The van der Waals surface area contributed by atoms with Gasteiger partial charge in [-0.1, -0.05) is 32.9 Å². The van der Waals surface area contributed by atoms with Crippen LogP contribution >= 0.6 is 0 Å². The molecule has 0 unspecified atom stereocenters. The number of tetrazole rings is 1. The molecule has 2 aromatic heterocycles. The number of nitrogens with zero attached hydrogens (tertiary/aromatic N) is 5. The van der Waals surface area contributed by atoms with Gasteiger partial charge in [-0.15, -0.1) is 5.10 Å². The van der Waals surface area contributed by atoms with E-state index in [0.29, 0.717) is 22.8 Å². The highest BCUT2D eigenvalue weighted by atomic mass is 32.2. The van der Waals surface area contributed by atoms with Crippen LogP contribution in [0.3, 0.4) is 0 Å². The van der Waals surface area contributed by atoms with Crippen molar-refractivity contribution in [3.63, 3.8) is 0 Å². The topological polar surface area (TPSA) is 118 Å². The van der Waals surface area contributed by atoms with Crippen LogP contribution in [-0.2, 0) is 22.5 Å². The molecule has 3 aromatic rings. The summed E-state index contributed by atoms with van der Waals surface area (Å²) in [5, 5.41) is 11.3. The predicted octanol–water partition coefficient (Wildman–Crippen LogP) is 1.70. The van der Waals surface area contributed by atoms with Gasteiger partial charge in [-0.05, 0) is 22.6 Å². The molecule has 0 amide bonds. The molecule has 0 saturated carbocycles. The van der Waals surface area contributed by atoms with Crippen molar-refractivity contribution in [2.75, 3.05) is 4.72 Å². The number of hydrogen-bond acceptors (Lipinski definition) is 6. The highest BCUT2D eigenvalue weighted by Gasteiger charge is 2.28. The maximum absolute atomic E-state index is 12.8. The molecule has 0 aliphatic rings. The van der Waals surface area contributed by atoms with E-state index in [-0.39, 0.29) is 10.4 Å². The van der Waals surface area contributed by atoms with Gasteiger partial charge >= 0.3 is 0 Å². The number of anilines is 1. The second-order valence-electron chi connectivity index (χ2n) is 6.65. The van der Waals surface area contributed by atoms with Gasteiger partial charge in [-0.25, -0.2) is 9.67 Å². The minimum atomic E-state index is -3.83. The van der Waals surface area contributed by atoms with Crippen molar-refractivity contribution in [3.8, 4) is 11.4 Å². The third kappa shape index (κ3) is 3.38. The number of imidazole rings is 1. The fraction of sp³-hybridized carbons (Fsp3) is 0.333. The van der Waals surface area contributed by atoms with Crippen molar-refractivity contribution >= 4 is 15.7 Å². The molecule has 0 bridgehead atoms. The third-order valence-corrected chi connectivity index (χ3v) is 4.93. The Bertz CT molecular complexity index is 999. The molecule has 0 atom stereocenters. The van der Waals surface area contributed by atoms with Gasteiger partial charge in [0.25, 0.3) is 10.0 Å². The number of hydrogen-bond donors (Lipinski definition) is 2. The molecule has 0 saturated heterocycles. The Morgan fingerprint density at radius 3 is 2.64 bits per heavy atom. The number of nitrogens with one attached hydrogen (secondary N) is 2. The third-order valence-electron chi connectivity index (χ3n) is 3.60. The first-order chi connectivity index (χ1) is 11.7. The summed E-state index contributed by atoms with van der Waals surface area (Å²) >= 11 is 0. The number of benzene rings is 1. The lowest BCUT2D eigenvalue weighted by atomic mass is 9.93. The lowest BCUT2D eigenvalue weighted by molar-refractivity contribution is 0.547. The first-order valence-electron chi connectivity index (χ1n) is 7.58. The molecule has 3 rings (SSSR count). The largest absolute Gasteiger partial charge is 0.347 e. The van der Waals surface area contributed by atoms with Crippen LogP contribution in [0.25, 0.3) is 11.4 Å². The van der Waals surface area contributed by atoms with Crippen LogP contribution in [0.1, 0.15) is 26.5 Å². The quantitative estimate of drug-likeness (QED) is 0.730. The second-order valence-corrected chi connectivity index (χ2v) is 8.24. The predicted molar refractivity (Wildman–Crippen MR) is 92.3 cm³/mol. The van der Waals surface area contributed by atoms with Crippen LogP contribution < -0.4 is 4.72 Å². The van der Waals surface area contributed by atoms with Crippen LogP contribution in [0.4, 0.5) is 5.69 Å². The molecular weight excluding hydrogens is 342 g/mol. The first kappa shape index (κ1) is 17.1. The fourth-order valence-electron chi connectivity index (χ4n) is 2.42. The highest BCUT2D eigenvalue weighted by Crippen LogP contribution is 2.28. The summed E-state index contributed by atoms with van der Waals surface area (Å²) < 4.78 is 29.6. The Hall–Kier alpha value is -2.75. The summed E-state index contributed by atoms with van der Waals surface area (Å²) in [4.78, 5) is 6.91. The number of rotatable bonds is 4. The van der Waals surface area contributed by atoms with Gasteiger partial charge in [-0.3, -0.25) is 4.72 Å². The number of aromatic nitrogens is 6. The molecule has 2 heterocycles. The summed E-state index contributed by atoms with van der Waals surface area (Å²) in [5.41, 5.74) is 1.27. The monoisotopic (exact) mass is 361 g/mol. The summed E-state index contributed by atoms with van der Waals surface area (Å²) in [6, 6.07) is 6.87. The van der Waals surface area contributed by atoms with Crippen molar-refractivity contribution in [2.45, 2.75) is 31.2 Å². The van der Waals surface area contributed by atoms with Crippen molar-refractivity contribution in [3.05, 3.63) is 36.3 Å². The maximum Gasteiger partial charge on any atom is 0.281 e. The van der Waals surface area contributed by atoms with Gasteiger partial charge in [0.05, 0.1) is 12.0 Å². The van der Waals surface area contributed by atoms with Crippen LogP contribution in [0, 0.1) is 0 Å². The van der Waals surface area contributed by atoms with E-state index in [2.05, 4.69) is 30.2 Å². The molecule has 9 nitrogen and oxygen atoms in total. The smallest absolute Gasteiger partial charge is 0.281 e. The van der Waals surface area contributed by atoms with E-state index in [1.165, 1.54) is 11.0 Å². The van der Waals surface area contributed by atoms with Gasteiger partial charge in [0, 0.05) is 23.7 Å². The van der Waals surface area contributed by atoms with Crippen LogP contribution in [0.15, 0.2) is 35.6 Å². The number of aromatic amines is 1. The van der Waals surface area contributed by atoms with Gasteiger partial charge in [-0.2, -0.15) is 8.42 Å². The lowest BCUT2D eigenvalue weighted by Crippen LogP contribution is -2.21. The molecule has 2 N–H and O–H groups in total. The SMILES string of the molecule is Cn1nnnc1-c1cccc(NS(=O)(=O)c2nc[nH]c2C(C)(C)C)c1. The van der Waals surface area contributed by atoms with Gasteiger partial charge in [0.15, 0.2) is 10.9 Å². The summed E-state index contributed by atoms with van der Waals surface area (Å²) in [5.74, 6) is 0.538. The van der Waals surface area contributed by atoms with Crippen LogP contribution in [-0.4, -0.2) is 38.6 Å². The number of aryl methyl sites for hydroxylation is 1. The van der Waals surface area contributed by atoms with Crippen molar-refractivity contribution in [2.24, 2.45) is 7.05 Å². The van der Waals surface area contributed by atoms with E-state index < -0.39 is 10.0 Å². The van der Waals surface area contributed by atoms with E-state index in [9.17, 15) is 8.42 Å². The average Bonchev–Trinajstić information content (AvgIpc) is 3.15. The molecule has 0 fully saturated rings. The van der Waals surface area contributed by atoms with Crippen LogP contribution in [0.5, 0.6) is 0 Å². The molecule has 0 radical (unpaired) electrons. The standard InChI is InChI=1S/C15H19N7O2S/c1-15(2,3)12-14(17-9-16-12)25(23,24)19-11-7-5-6-10(8-11)13-18-20-21-22(13)4/h5-9,19H,1-4H3,(H,16,17). The van der Waals surface area contributed by atoms with E-state index in [4.69, 9.17) is 0 Å². The Labute approximate surface area is 145 Å². The molecular formula is C15H19N7O2S. The minimum Gasteiger partial charge on any atom is -0.347 e. The average molecular weight is 361 g/mol. The van der Waals surface area contributed by atoms with Crippen molar-refractivity contribution in [1.82, 2.24) is 30.2 Å². The summed E-state index contributed by atoms with van der Waals surface area (Å²) in [7, 11) is -2.12. The summed E-state index contributed by atoms with van der Waals surface area (Å²) in [6.45, 7) is 5.75. The molecule has 0 aliphatic carbocycles. The number of H-pyrrole nitrogens is 1. The van der Waals surface area contributed by atoms with E-state index in [1.807, 2.05) is 20.8 Å². The first-order valence-corrected chi connectivity index (χ1v) is 9.06. The van der Waals surface area contributed by atoms with Crippen LogP contribution in [0.2, 0.25) is 0 Å². The summed E-state index contributed by atoms with van der Waals surface area (Å²) in [6.07, 6.45) is 1.39. The molecule has 0 aliphatic heterocycles. The normalized spacial score (nSPS) is 12.3. The molecule has 132 valence electrons. The molecule has 10 heteroatoms. The zero-order chi connectivity index (χ0) is 18.2. The van der Waals surface area contributed by atoms with Crippen molar-refractivity contribution < 1.29 is 8.42 Å². The number of sulfonamides is 1. The minimum absolute atomic E-state index is 0.00859. The Morgan fingerprint density at radius 1 is 1.24 bits per heavy atom. The fourth-order valence-corrected chi connectivity index (χ4v) is 3.78. The molecule has 0 spiro atoms. The van der Waals surface area contributed by atoms with Gasteiger partial charge < -0.3 is 4.98 Å². The highest BCUT2D eigenvalue weighted by molar-refractivity contribution is 7.92. The zero-order valence-electron chi connectivity index (χ0n) is 14.3.